The minimum atomic E-state index is 0.293. The van der Waals surface area contributed by atoms with E-state index in [0.29, 0.717) is 5.54 Å². The first kappa shape index (κ1) is 10.3. The molecular formula is C13H20N2. The normalized spacial score (nSPS) is 19.1. The summed E-state index contributed by atoms with van der Waals surface area (Å²) in [5, 5.41) is 3.66. The number of hydrogen-bond acceptors (Lipinski definition) is 2. The SMILES string of the molecule is Cc1cc(N)ccc1NC1(C)CCCC1. The number of benzene rings is 1. The van der Waals surface area contributed by atoms with Crippen molar-refractivity contribution in [1.82, 2.24) is 0 Å². The van der Waals surface area contributed by atoms with E-state index in [1.807, 2.05) is 12.1 Å². The Labute approximate surface area is 91.9 Å². The molecule has 2 rings (SSSR count). The van der Waals surface area contributed by atoms with E-state index in [1.54, 1.807) is 0 Å². The summed E-state index contributed by atoms with van der Waals surface area (Å²) in [6.45, 7) is 4.42. The zero-order valence-corrected chi connectivity index (χ0v) is 9.64. The summed E-state index contributed by atoms with van der Waals surface area (Å²) in [5.74, 6) is 0. The van der Waals surface area contributed by atoms with Crippen molar-refractivity contribution in [3.63, 3.8) is 0 Å². The Morgan fingerprint density at radius 1 is 1.27 bits per heavy atom. The highest BCUT2D eigenvalue weighted by Gasteiger charge is 2.28. The summed E-state index contributed by atoms with van der Waals surface area (Å²) in [6, 6.07) is 6.09. The largest absolute Gasteiger partial charge is 0.399 e. The van der Waals surface area contributed by atoms with Crippen molar-refractivity contribution in [3.8, 4) is 0 Å². The first-order valence-electron chi connectivity index (χ1n) is 5.73. The van der Waals surface area contributed by atoms with Crippen molar-refractivity contribution < 1.29 is 0 Å². The van der Waals surface area contributed by atoms with Crippen LogP contribution in [0.25, 0.3) is 0 Å². The van der Waals surface area contributed by atoms with E-state index in [1.165, 1.54) is 36.9 Å². The highest BCUT2D eigenvalue weighted by molar-refractivity contribution is 5.58. The maximum atomic E-state index is 5.74. The predicted octanol–water partition coefficient (Wildman–Crippen LogP) is 3.32. The van der Waals surface area contributed by atoms with Crippen LogP contribution < -0.4 is 11.1 Å². The van der Waals surface area contributed by atoms with Crippen LogP contribution in [-0.4, -0.2) is 5.54 Å². The number of nitrogens with one attached hydrogen (secondary N) is 1. The van der Waals surface area contributed by atoms with Gasteiger partial charge in [-0.2, -0.15) is 0 Å². The summed E-state index contributed by atoms with van der Waals surface area (Å²) < 4.78 is 0. The lowest BCUT2D eigenvalue weighted by Crippen LogP contribution is -2.31. The Morgan fingerprint density at radius 3 is 2.53 bits per heavy atom. The van der Waals surface area contributed by atoms with Crippen LogP contribution in [-0.2, 0) is 0 Å². The van der Waals surface area contributed by atoms with Crippen molar-refractivity contribution in [2.75, 3.05) is 11.1 Å². The molecule has 0 heterocycles. The number of rotatable bonds is 2. The van der Waals surface area contributed by atoms with Crippen molar-refractivity contribution in [2.45, 2.75) is 45.1 Å². The van der Waals surface area contributed by atoms with Gasteiger partial charge in [-0.05, 0) is 50.5 Å². The molecule has 0 unspecified atom stereocenters. The average molecular weight is 204 g/mol. The molecule has 0 aliphatic heterocycles. The molecule has 0 saturated heterocycles. The lowest BCUT2D eigenvalue weighted by atomic mass is 9.99. The van der Waals surface area contributed by atoms with Gasteiger partial charge in [-0.1, -0.05) is 12.8 Å². The van der Waals surface area contributed by atoms with E-state index in [-0.39, 0.29) is 0 Å². The molecule has 1 aromatic carbocycles. The maximum absolute atomic E-state index is 5.74. The lowest BCUT2D eigenvalue weighted by Gasteiger charge is -2.27. The Morgan fingerprint density at radius 2 is 1.93 bits per heavy atom. The zero-order chi connectivity index (χ0) is 10.9. The maximum Gasteiger partial charge on any atom is 0.0375 e. The average Bonchev–Trinajstić information content (AvgIpc) is 2.58. The van der Waals surface area contributed by atoms with Crippen molar-refractivity contribution >= 4 is 11.4 Å². The van der Waals surface area contributed by atoms with Crippen LogP contribution in [0.1, 0.15) is 38.2 Å². The first-order valence-corrected chi connectivity index (χ1v) is 5.73. The molecule has 0 spiro atoms. The topological polar surface area (TPSA) is 38.0 Å². The molecule has 0 amide bonds. The minimum absolute atomic E-state index is 0.293. The molecule has 2 nitrogen and oxygen atoms in total. The second-order valence-corrected chi connectivity index (χ2v) is 4.97. The number of nitrogen functional groups attached to an aromatic ring is 1. The van der Waals surface area contributed by atoms with Crippen LogP contribution in [0.3, 0.4) is 0 Å². The Kier molecular flexibility index (Phi) is 2.59. The molecule has 1 aromatic rings. The van der Waals surface area contributed by atoms with E-state index < -0.39 is 0 Å². The van der Waals surface area contributed by atoms with Crippen LogP contribution in [0.4, 0.5) is 11.4 Å². The molecule has 1 aliphatic carbocycles. The van der Waals surface area contributed by atoms with Gasteiger partial charge in [-0.3, -0.25) is 0 Å². The van der Waals surface area contributed by atoms with Crippen LogP contribution >= 0.6 is 0 Å². The smallest absolute Gasteiger partial charge is 0.0375 e. The number of hydrogen-bond donors (Lipinski definition) is 2. The van der Waals surface area contributed by atoms with E-state index in [4.69, 9.17) is 5.73 Å². The fourth-order valence-electron chi connectivity index (χ4n) is 2.43. The Balaban J connectivity index is 2.16. The standard InChI is InChI=1S/C13H20N2/c1-10-9-11(14)5-6-12(10)15-13(2)7-3-4-8-13/h5-6,9,15H,3-4,7-8,14H2,1-2H3. The third kappa shape index (κ3) is 2.25. The molecular weight excluding hydrogens is 184 g/mol. The second kappa shape index (κ2) is 3.76. The molecule has 0 atom stereocenters. The van der Waals surface area contributed by atoms with Gasteiger partial charge in [0.1, 0.15) is 0 Å². The third-order valence-electron chi connectivity index (χ3n) is 3.39. The summed E-state index contributed by atoms with van der Waals surface area (Å²) in [7, 11) is 0. The monoisotopic (exact) mass is 204 g/mol. The van der Waals surface area contributed by atoms with Gasteiger partial charge in [-0.15, -0.1) is 0 Å². The Bertz CT molecular complexity index is 352. The molecule has 82 valence electrons. The molecule has 1 aliphatic rings. The van der Waals surface area contributed by atoms with Crippen molar-refractivity contribution in [1.29, 1.82) is 0 Å². The van der Waals surface area contributed by atoms with E-state index in [0.717, 1.165) is 5.69 Å². The van der Waals surface area contributed by atoms with Gasteiger partial charge < -0.3 is 11.1 Å². The summed E-state index contributed by atoms with van der Waals surface area (Å²) in [6.07, 6.45) is 5.24. The van der Waals surface area contributed by atoms with Crippen LogP contribution in [0.2, 0.25) is 0 Å². The Hall–Kier alpha value is -1.18. The highest BCUT2D eigenvalue weighted by Crippen LogP contribution is 2.33. The fourth-order valence-corrected chi connectivity index (χ4v) is 2.43. The van der Waals surface area contributed by atoms with Crippen molar-refractivity contribution in [3.05, 3.63) is 23.8 Å². The number of anilines is 2. The van der Waals surface area contributed by atoms with Gasteiger partial charge in [-0.25, -0.2) is 0 Å². The van der Waals surface area contributed by atoms with Crippen LogP contribution in [0.15, 0.2) is 18.2 Å². The first-order chi connectivity index (χ1) is 7.09. The predicted molar refractivity (Wildman–Crippen MR) is 66.1 cm³/mol. The van der Waals surface area contributed by atoms with Gasteiger partial charge in [0, 0.05) is 16.9 Å². The van der Waals surface area contributed by atoms with Gasteiger partial charge in [0.2, 0.25) is 0 Å². The highest BCUT2D eigenvalue weighted by atomic mass is 15.0. The third-order valence-corrected chi connectivity index (χ3v) is 3.39. The van der Waals surface area contributed by atoms with Gasteiger partial charge in [0.15, 0.2) is 0 Å². The van der Waals surface area contributed by atoms with Crippen LogP contribution in [0, 0.1) is 6.92 Å². The van der Waals surface area contributed by atoms with Gasteiger partial charge >= 0.3 is 0 Å². The second-order valence-electron chi connectivity index (χ2n) is 4.97. The molecule has 0 aromatic heterocycles. The zero-order valence-electron chi connectivity index (χ0n) is 9.64. The van der Waals surface area contributed by atoms with Gasteiger partial charge in [0.05, 0.1) is 0 Å². The molecule has 15 heavy (non-hydrogen) atoms. The minimum Gasteiger partial charge on any atom is -0.399 e. The van der Waals surface area contributed by atoms with E-state index >= 15 is 0 Å². The van der Waals surface area contributed by atoms with Gasteiger partial charge in [0.25, 0.3) is 0 Å². The number of nitrogens with two attached hydrogens (primary N) is 1. The lowest BCUT2D eigenvalue weighted by molar-refractivity contribution is 0.533. The van der Waals surface area contributed by atoms with Crippen molar-refractivity contribution in [2.24, 2.45) is 0 Å². The van der Waals surface area contributed by atoms with E-state index in [2.05, 4.69) is 25.2 Å². The summed E-state index contributed by atoms with van der Waals surface area (Å²) in [4.78, 5) is 0. The molecule has 2 heteroatoms. The molecule has 1 saturated carbocycles. The summed E-state index contributed by atoms with van der Waals surface area (Å²) in [5.41, 5.74) is 9.34. The fraction of sp³-hybridized carbons (Fsp3) is 0.538. The molecule has 1 fully saturated rings. The summed E-state index contributed by atoms with van der Waals surface area (Å²) >= 11 is 0. The quantitative estimate of drug-likeness (QED) is 0.725. The molecule has 0 radical (unpaired) electrons. The van der Waals surface area contributed by atoms with E-state index in [9.17, 15) is 0 Å². The molecule has 3 N–H and O–H groups in total. The molecule has 0 bridgehead atoms. The van der Waals surface area contributed by atoms with Crippen LogP contribution in [0.5, 0.6) is 0 Å². The number of aryl methyl sites for hydroxylation is 1.